The molecule has 0 aliphatic rings. The van der Waals surface area contributed by atoms with Crippen molar-refractivity contribution in [2.24, 2.45) is 0 Å². The smallest absolute Gasteiger partial charge is 0.258 e. The van der Waals surface area contributed by atoms with E-state index in [9.17, 15) is 28.6 Å². The number of rotatable bonds is 4. The fourth-order valence-corrected chi connectivity index (χ4v) is 3.91. The lowest BCUT2D eigenvalue weighted by Gasteiger charge is -2.10. The van der Waals surface area contributed by atoms with Crippen molar-refractivity contribution in [1.29, 1.82) is 0 Å². The second kappa shape index (κ2) is 5.76. The predicted octanol–water partition coefficient (Wildman–Crippen LogP) is 2.95. The fourth-order valence-electron chi connectivity index (χ4n) is 2.22. The molecule has 2 aromatic rings. The third-order valence-electron chi connectivity index (χ3n) is 3.32. The summed E-state index contributed by atoms with van der Waals surface area (Å²) < 4.78 is 25.4. The Morgan fingerprint density at radius 1 is 0.783 bits per heavy atom. The lowest BCUT2D eigenvalue weighted by molar-refractivity contribution is -0.385. The van der Waals surface area contributed by atoms with Crippen molar-refractivity contribution in [2.45, 2.75) is 23.6 Å². The van der Waals surface area contributed by atoms with Crippen molar-refractivity contribution in [3.63, 3.8) is 0 Å². The second-order valence-electron chi connectivity index (χ2n) is 4.92. The zero-order valence-corrected chi connectivity index (χ0v) is 13.0. The first-order valence-electron chi connectivity index (χ1n) is 6.40. The Balaban J connectivity index is 2.59. The predicted molar refractivity (Wildman–Crippen MR) is 81.1 cm³/mol. The van der Waals surface area contributed by atoms with Crippen LogP contribution in [0.15, 0.2) is 46.2 Å². The number of aryl methyl sites for hydroxylation is 2. The van der Waals surface area contributed by atoms with Gasteiger partial charge in [0.05, 0.1) is 19.6 Å². The average Bonchev–Trinajstić information content (AvgIpc) is 2.46. The maximum atomic E-state index is 12.7. The molecule has 0 spiro atoms. The van der Waals surface area contributed by atoms with E-state index >= 15 is 0 Å². The highest BCUT2D eigenvalue weighted by Crippen LogP contribution is 2.30. The van der Waals surface area contributed by atoms with Gasteiger partial charge in [-0.25, -0.2) is 8.42 Å². The molecular weight excluding hydrogens is 324 g/mol. The molecule has 0 N–H and O–H groups in total. The van der Waals surface area contributed by atoms with E-state index in [-0.39, 0.29) is 32.3 Å². The Bertz CT molecular complexity index is 851. The van der Waals surface area contributed by atoms with E-state index in [0.717, 1.165) is 12.1 Å². The van der Waals surface area contributed by atoms with Crippen molar-refractivity contribution in [1.82, 2.24) is 0 Å². The molecule has 8 nitrogen and oxygen atoms in total. The molecule has 0 radical (unpaired) electrons. The molecule has 23 heavy (non-hydrogen) atoms. The average molecular weight is 336 g/mol. The van der Waals surface area contributed by atoms with E-state index in [1.54, 1.807) is 0 Å². The minimum Gasteiger partial charge on any atom is -0.258 e. The Morgan fingerprint density at radius 2 is 1.13 bits per heavy atom. The summed E-state index contributed by atoms with van der Waals surface area (Å²) in [6.45, 7) is 2.92. The van der Waals surface area contributed by atoms with Crippen molar-refractivity contribution in [3.05, 3.63) is 67.8 Å². The number of non-ortho nitro benzene ring substituents is 2. The SMILES string of the molecule is Cc1cc([N+](=O)[O-])ccc1S(=O)(=O)c1ccc([N+](=O)[O-])cc1C. The van der Waals surface area contributed by atoms with Crippen LogP contribution in [0.4, 0.5) is 11.4 Å². The molecule has 120 valence electrons. The highest BCUT2D eigenvalue weighted by atomic mass is 32.2. The Labute approximate surface area is 131 Å². The van der Waals surface area contributed by atoms with E-state index in [2.05, 4.69) is 0 Å². The highest BCUT2D eigenvalue weighted by Gasteiger charge is 2.24. The van der Waals surface area contributed by atoms with E-state index in [1.165, 1.54) is 38.1 Å². The van der Waals surface area contributed by atoms with Crippen molar-refractivity contribution < 1.29 is 18.3 Å². The Morgan fingerprint density at radius 3 is 1.39 bits per heavy atom. The van der Waals surface area contributed by atoms with Gasteiger partial charge in [-0.15, -0.1) is 0 Å². The molecule has 2 aromatic carbocycles. The first-order chi connectivity index (χ1) is 10.6. The van der Waals surface area contributed by atoms with Gasteiger partial charge in [-0.3, -0.25) is 20.2 Å². The molecule has 0 aliphatic carbocycles. The van der Waals surface area contributed by atoms with Crippen LogP contribution >= 0.6 is 0 Å². The first kappa shape index (κ1) is 16.6. The molecular formula is C14H12N2O6S. The van der Waals surface area contributed by atoms with Gasteiger partial charge in [0, 0.05) is 24.3 Å². The topological polar surface area (TPSA) is 120 Å². The van der Waals surface area contributed by atoms with Crippen LogP contribution in [0.25, 0.3) is 0 Å². The largest absolute Gasteiger partial charge is 0.269 e. The fraction of sp³-hybridized carbons (Fsp3) is 0.143. The molecule has 0 fully saturated rings. The van der Waals surface area contributed by atoms with Crippen molar-refractivity contribution in [2.75, 3.05) is 0 Å². The maximum Gasteiger partial charge on any atom is 0.269 e. The third kappa shape index (κ3) is 3.04. The minimum atomic E-state index is -3.93. The molecule has 0 atom stereocenters. The third-order valence-corrected chi connectivity index (χ3v) is 5.39. The summed E-state index contributed by atoms with van der Waals surface area (Å²) in [6, 6.07) is 6.91. The van der Waals surface area contributed by atoms with Gasteiger partial charge in [0.15, 0.2) is 0 Å². The summed E-state index contributed by atoms with van der Waals surface area (Å²) in [7, 11) is -3.93. The lowest BCUT2D eigenvalue weighted by Crippen LogP contribution is -2.07. The summed E-state index contributed by atoms with van der Waals surface area (Å²) in [5.74, 6) is 0. The van der Waals surface area contributed by atoms with Gasteiger partial charge in [-0.1, -0.05) is 0 Å². The monoisotopic (exact) mass is 336 g/mol. The Kier molecular flexibility index (Phi) is 4.15. The van der Waals surface area contributed by atoms with Gasteiger partial charge in [-0.2, -0.15) is 0 Å². The summed E-state index contributed by atoms with van der Waals surface area (Å²) in [6.07, 6.45) is 0. The lowest BCUT2D eigenvalue weighted by atomic mass is 10.2. The van der Waals surface area contributed by atoms with Crippen molar-refractivity contribution in [3.8, 4) is 0 Å². The highest BCUT2D eigenvalue weighted by molar-refractivity contribution is 7.91. The van der Waals surface area contributed by atoms with Crippen LogP contribution in [0.5, 0.6) is 0 Å². The molecule has 0 saturated carbocycles. The molecule has 0 heterocycles. The first-order valence-corrected chi connectivity index (χ1v) is 7.88. The number of sulfone groups is 1. The van der Waals surface area contributed by atoms with E-state index in [1.807, 2.05) is 0 Å². The number of nitro benzene ring substituents is 2. The number of nitro groups is 2. The van der Waals surface area contributed by atoms with Crippen LogP contribution in [0.1, 0.15) is 11.1 Å². The normalized spacial score (nSPS) is 11.2. The van der Waals surface area contributed by atoms with E-state index in [0.29, 0.717) is 0 Å². The van der Waals surface area contributed by atoms with Gasteiger partial charge in [0.2, 0.25) is 9.84 Å². The van der Waals surface area contributed by atoms with Crippen LogP contribution in [0.3, 0.4) is 0 Å². The van der Waals surface area contributed by atoms with E-state index < -0.39 is 19.7 Å². The summed E-state index contributed by atoms with van der Waals surface area (Å²) in [5, 5.41) is 21.5. The molecule has 9 heteroatoms. The second-order valence-corrected chi connectivity index (χ2v) is 6.80. The molecule has 0 unspecified atom stereocenters. The summed E-state index contributed by atoms with van der Waals surface area (Å²) in [5.41, 5.74) is 0.0534. The minimum absolute atomic E-state index is 0.0694. The summed E-state index contributed by atoms with van der Waals surface area (Å²) in [4.78, 5) is 20.1. The van der Waals surface area contributed by atoms with Gasteiger partial charge in [0.1, 0.15) is 0 Å². The van der Waals surface area contributed by atoms with Crippen LogP contribution in [-0.2, 0) is 9.84 Å². The van der Waals surface area contributed by atoms with Crippen LogP contribution in [0.2, 0.25) is 0 Å². The molecule has 0 aliphatic heterocycles. The molecule has 0 bridgehead atoms. The number of hydrogen-bond acceptors (Lipinski definition) is 6. The van der Waals surface area contributed by atoms with Gasteiger partial charge >= 0.3 is 0 Å². The Hall–Kier alpha value is -2.81. The van der Waals surface area contributed by atoms with Crippen LogP contribution in [0, 0.1) is 34.1 Å². The van der Waals surface area contributed by atoms with Gasteiger partial charge < -0.3 is 0 Å². The number of benzene rings is 2. The van der Waals surface area contributed by atoms with Gasteiger partial charge in [0.25, 0.3) is 11.4 Å². The zero-order valence-electron chi connectivity index (χ0n) is 12.2. The zero-order chi connectivity index (χ0) is 17.4. The molecule has 2 rings (SSSR count). The quantitative estimate of drug-likeness (QED) is 0.625. The van der Waals surface area contributed by atoms with Gasteiger partial charge in [-0.05, 0) is 37.1 Å². The maximum absolute atomic E-state index is 12.7. The van der Waals surface area contributed by atoms with E-state index in [4.69, 9.17) is 0 Å². The summed E-state index contributed by atoms with van der Waals surface area (Å²) >= 11 is 0. The molecule has 0 saturated heterocycles. The standard InChI is InChI=1S/C14H12N2O6S/c1-9-7-11(15(17)18)3-5-13(9)23(21,22)14-6-4-12(16(19)20)8-10(14)2/h3-8H,1-2H3. The van der Waals surface area contributed by atoms with Crippen LogP contribution in [-0.4, -0.2) is 18.3 Å². The number of hydrogen-bond donors (Lipinski definition) is 0. The number of nitrogens with zero attached hydrogens (tertiary/aromatic N) is 2. The molecule has 0 amide bonds. The molecule has 0 aromatic heterocycles. The van der Waals surface area contributed by atoms with Crippen molar-refractivity contribution >= 4 is 21.2 Å². The van der Waals surface area contributed by atoms with Crippen LogP contribution < -0.4 is 0 Å².